The summed E-state index contributed by atoms with van der Waals surface area (Å²) in [7, 11) is 0. The monoisotopic (exact) mass is 405 g/mol. The zero-order valence-corrected chi connectivity index (χ0v) is 17.5. The zero-order chi connectivity index (χ0) is 21.4. The van der Waals surface area contributed by atoms with E-state index >= 15 is 0 Å². The lowest BCUT2D eigenvalue weighted by Gasteiger charge is -2.24. The van der Waals surface area contributed by atoms with Crippen LogP contribution in [0.3, 0.4) is 0 Å². The number of fused-ring (bicyclic) bond motifs is 1. The molecule has 2 aromatic carbocycles. The lowest BCUT2D eigenvalue weighted by atomic mass is 9.84. The van der Waals surface area contributed by atoms with Crippen molar-refractivity contribution in [3.63, 3.8) is 0 Å². The molecule has 0 saturated heterocycles. The Morgan fingerprint density at radius 2 is 1.39 bits per heavy atom. The molecule has 0 amide bonds. The van der Waals surface area contributed by atoms with Gasteiger partial charge in [0, 0.05) is 27.9 Å². The van der Waals surface area contributed by atoms with Gasteiger partial charge in [0.05, 0.1) is 28.5 Å². The van der Waals surface area contributed by atoms with Gasteiger partial charge in [-0.25, -0.2) is 0 Å². The van der Waals surface area contributed by atoms with Crippen molar-refractivity contribution in [3.05, 3.63) is 103 Å². The molecule has 0 atom stereocenters. The maximum absolute atomic E-state index is 10.4. The van der Waals surface area contributed by atoms with Gasteiger partial charge in [-0.15, -0.1) is 0 Å². The van der Waals surface area contributed by atoms with E-state index in [9.17, 15) is 5.11 Å². The number of aromatic nitrogens is 3. The number of pyridine rings is 2. The van der Waals surface area contributed by atoms with Gasteiger partial charge >= 0.3 is 0 Å². The van der Waals surface area contributed by atoms with Crippen LogP contribution in [-0.4, -0.2) is 20.1 Å². The molecule has 0 spiro atoms. The molecule has 0 saturated carbocycles. The first kappa shape index (κ1) is 19.1. The summed E-state index contributed by atoms with van der Waals surface area (Å²) >= 11 is 0. The van der Waals surface area contributed by atoms with Crippen molar-refractivity contribution in [2.75, 3.05) is 0 Å². The molecule has 4 nitrogen and oxygen atoms in total. The van der Waals surface area contributed by atoms with Gasteiger partial charge in [0.15, 0.2) is 0 Å². The first-order valence-corrected chi connectivity index (χ1v) is 10.3. The Hall–Kier alpha value is -3.92. The molecule has 3 heterocycles. The number of H-pyrrole nitrogens is 1. The van der Waals surface area contributed by atoms with Crippen LogP contribution in [0.15, 0.2) is 91.1 Å². The lowest BCUT2D eigenvalue weighted by molar-refractivity contribution is 0.477. The van der Waals surface area contributed by atoms with Gasteiger partial charge in [0.1, 0.15) is 5.75 Å². The van der Waals surface area contributed by atoms with E-state index in [2.05, 4.69) is 35.9 Å². The van der Waals surface area contributed by atoms with Crippen LogP contribution in [0.2, 0.25) is 0 Å². The van der Waals surface area contributed by atoms with Gasteiger partial charge in [-0.05, 0) is 50.2 Å². The minimum absolute atomic E-state index is 0.249. The number of aromatic amines is 1. The third kappa shape index (κ3) is 3.26. The first-order valence-electron chi connectivity index (χ1n) is 10.3. The molecule has 0 unspecified atom stereocenters. The smallest absolute Gasteiger partial charge is 0.124 e. The average molecular weight is 406 g/mol. The first-order chi connectivity index (χ1) is 15.1. The van der Waals surface area contributed by atoms with Crippen LogP contribution >= 0.6 is 0 Å². The fraction of sp³-hybridized carbons (Fsp3) is 0.111. The van der Waals surface area contributed by atoms with Crippen LogP contribution in [-0.2, 0) is 5.41 Å². The molecule has 3 aromatic heterocycles. The molecule has 0 fully saturated rings. The number of nitrogens with zero attached hydrogens (tertiary/aromatic N) is 2. The third-order valence-electron chi connectivity index (χ3n) is 5.84. The normalized spacial score (nSPS) is 11.7. The molecule has 152 valence electrons. The van der Waals surface area contributed by atoms with Crippen molar-refractivity contribution >= 4 is 10.8 Å². The van der Waals surface area contributed by atoms with Crippen molar-refractivity contribution in [3.8, 4) is 28.4 Å². The van der Waals surface area contributed by atoms with E-state index in [-0.39, 0.29) is 11.2 Å². The molecule has 0 aliphatic carbocycles. The maximum Gasteiger partial charge on any atom is 0.124 e. The predicted octanol–water partition coefficient (Wildman–Crippen LogP) is 6.32. The standard InChI is InChI=1S/C27H23N3O/c1-27(2,23-15-7-8-17-28-23)24-16-9-13-21(29-24)26-19-11-4-3-10-18(19)25(30-26)20-12-5-6-14-22(20)31/h3-17,30-31H,1-2H3. The molecule has 5 aromatic rings. The number of rotatable bonds is 4. The fourth-order valence-electron chi connectivity index (χ4n) is 4.06. The molecule has 5 rings (SSSR count). The van der Waals surface area contributed by atoms with E-state index in [1.807, 2.05) is 72.9 Å². The van der Waals surface area contributed by atoms with E-state index in [4.69, 9.17) is 4.98 Å². The largest absolute Gasteiger partial charge is 0.507 e. The van der Waals surface area contributed by atoms with E-state index < -0.39 is 0 Å². The minimum atomic E-state index is -0.333. The fourth-order valence-corrected chi connectivity index (χ4v) is 4.06. The summed E-state index contributed by atoms with van der Waals surface area (Å²) < 4.78 is 0. The van der Waals surface area contributed by atoms with Crippen LogP contribution in [0.1, 0.15) is 25.2 Å². The number of hydrogen-bond acceptors (Lipinski definition) is 3. The van der Waals surface area contributed by atoms with Gasteiger partial charge in [-0.2, -0.15) is 0 Å². The summed E-state index contributed by atoms with van der Waals surface area (Å²) in [4.78, 5) is 13.1. The Bertz CT molecular complexity index is 1370. The Morgan fingerprint density at radius 3 is 2.13 bits per heavy atom. The molecule has 4 heteroatoms. The molecule has 2 N–H and O–H groups in total. The molecule has 0 radical (unpaired) electrons. The summed E-state index contributed by atoms with van der Waals surface area (Å²) in [6.07, 6.45) is 1.82. The molecular weight excluding hydrogens is 382 g/mol. The molecule has 0 bridgehead atoms. The van der Waals surface area contributed by atoms with Crippen LogP contribution in [0.5, 0.6) is 5.75 Å². The number of benzene rings is 2. The van der Waals surface area contributed by atoms with Crippen molar-refractivity contribution in [2.24, 2.45) is 0 Å². The minimum Gasteiger partial charge on any atom is -0.507 e. The number of aromatic hydroxyl groups is 1. The van der Waals surface area contributed by atoms with Crippen LogP contribution in [0.25, 0.3) is 33.4 Å². The Balaban J connectivity index is 1.68. The highest BCUT2D eigenvalue weighted by Gasteiger charge is 2.27. The predicted molar refractivity (Wildman–Crippen MR) is 125 cm³/mol. The van der Waals surface area contributed by atoms with Gasteiger partial charge in [-0.1, -0.05) is 48.5 Å². The summed E-state index contributed by atoms with van der Waals surface area (Å²) in [5.74, 6) is 0.249. The van der Waals surface area contributed by atoms with Crippen LogP contribution in [0, 0.1) is 0 Å². The Kier molecular flexibility index (Phi) is 4.55. The highest BCUT2D eigenvalue weighted by atomic mass is 16.3. The van der Waals surface area contributed by atoms with E-state index in [0.29, 0.717) is 0 Å². The van der Waals surface area contributed by atoms with Crippen molar-refractivity contribution < 1.29 is 5.11 Å². The van der Waals surface area contributed by atoms with Gasteiger partial charge in [0.25, 0.3) is 0 Å². The van der Waals surface area contributed by atoms with Crippen molar-refractivity contribution in [2.45, 2.75) is 19.3 Å². The summed E-state index contributed by atoms with van der Waals surface area (Å²) in [6.45, 7) is 4.28. The molecule has 0 aliphatic rings. The van der Waals surface area contributed by atoms with E-state index in [1.54, 1.807) is 6.07 Å². The maximum atomic E-state index is 10.4. The molecule has 31 heavy (non-hydrogen) atoms. The Labute approximate surface area is 181 Å². The van der Waals surface area contributed by atoms with Gasteiger partial charge in [0.2, 0.25) is 0 Å². The lowest BCUT2D eigenvalue weighted by Crippen LogP contribution is -2.22. The second kappa shape index (κ2) is 7.40. The number of nitrogens with one attached hydrogen (secondary N) is 1. The number of hydrogen-bond donors (Lipinski definition) is 2. The molecular formula is C27H23N3O. The van der Waals surface area contributed by atoms with Gasteiger partial charge < -0.3 is 10.1 Å². The second-order valence-corrected chi connectivity index (χ2v) is 8.19. The summed E-state index contributed by atoms with van der Waals surface area (Å²) in [5, 5.41) is 12.6. The highest BCUT2D eigenvalue weighted by molar-refractivity contribution is 6.04. The topological polar surface area (TPSA) is 61.8 Å². The van der Waals surface area contributed by atoms with Crippen LogP contribution < -0.4 is 0 Å². The van der Waals surface area contributed by atoms with Crippen LogP contribution in [0.4, 0.5) is 0 Å². The third-order valence-corrected chi connectivity index (χ3v) is 5.84. The number of para-hydroxylation sites is 1. The number of phenols is 1. The zero-order valence-electron chi connectivity index (χ0n) is 17.5. The van der Waals surface area contributed by atoms with Crippen molar-refractivity contribution in [1.82, 2.24) is 15.0 Å². The van der Waals surface area contributed by atoms with Crippen molar-refractivity contribution in [1.29, 1.82) is 0 Å². The van der Waals surface area contributed by atoms with E-state index in [1.165, 1.54) is 0 Å². The quantitative estimate of drug-likeness (QED) is 0.368. The second-order valence-electron chi connectivity index (χ2n) is 8.19. The summed E-state index contributed by atoms with van der Waals surface area (Å²) in [5.41, 5.74) is 5.05. The van der Waals surface area contributed by atoms with Gasteiger partial charge in [-0.3, -0.25) is 9.97 Å². The van der Waals surface area contributed by atoms with E-state index in [0.717, 1.165) is 44.8 Å². The Morgan fingerprint density at radius 1 is 0.710 bits per heavy atom. The highest BCUT2D eigenvalue weighted by Crippen LogP contribution is 2.39. The molecule has 0 aliphatic heterocycles. The average Bonchev–Trinajstić information content (AvgIpc) is 3.20. The SMILES string of the molecule is CC(C)(c1ccccn1)c1cccc(-c2[nH]c(-c3ccccc3O)c3ccccc23)n1. The number of phenolic OH excluding ortho intramolecular Hbond substituents is 1. The summed E-state index contributed by atoms with van der Waals surface area (Å²) in [6, 6.07) is 27.7.